The molecule has 2 aromatic rings. The number of carbonyl (C=O) groups excluding carboxylic acids is 1. The van der Waals surface area contributed by atoms with Gasteiger partial charge in [0.05, 0.1) is 29.2 Å². The molecule has 4 nitrogen and oxygen atoms in total. The van der Waals surface area contributed by atoms with Crippen LogP contribution < -0.4 is 4.90 Å². The van der Waals surface area contributed by atoms with Crippen molar-refractivity contribution in [3.8, 4) is 6.07 Å². The van der Waals surface area contributed by atoms with Gasteiger partial charge in [0.25, 0.3) is 0 Å². The summed E-state index contributed by atoms with van der Waals surface area (Å²) in [5.41, 5.74) is 2.78. The second kappa shape index (κ2) is 7.18. The summed E-state index contributed by atoms with van der Waals surface area (Å²) >= 11 is 5.05. The summed E-state index contributed by atoms with van der Waals surface area (Å²) < 4.78 is 0.957. The van der Waals surface area contributed by atoms with E-state index in [1.54, 1.807) is 16.7 Å². The van der Waals surface area contributed by atoms with Crippen LogP contribution in [0.1, 0.15) is 17.9 Å². The van der Waals surface area contributed by atoms with Gasteiger partial charge in [-0.1, -0.05) is 58.0 Å². The number of thioether (sulfide) groups is 1. The number of allylic oxidation sites excluding steroid dienone is 1. The lowest BCUT2D eigenvalue weighted by molar-refractivity contribution is -0.129. The summed E-state index contributed by atoms with van der Waals surface area (Å²) in [6.45, 7) is 0.488. The molecule has 4 rings (SSSR count). The largest absolute Gasteiger partial charge is 0.344 e. The first-order valence-corrected chi connectivity index (χ1v) is 10.1. The first kappa shape index (κ1) is 17.2. The quantitative estimate of drug-likeness (QED) is 0.701. The SMILES string of the molecule is N#CC1=C2SCN(c3ccccc3)CN2C(=O)C[C@@H]1c1cccc(Br)c1. The predicted octanol–water partition coefficient (Wildman–Crippen LogP) is 4.67. The highest BCUT2D eigenvalue weighted by Crippen LogP contribution is 2.43. The van der Waals surface area contributed by atoms with E-state index in [1.807, 2.05) is 54.6 Å². The summed E-state index contributed by atoms with van der Waals surface area (Å²) in [5.74, 6) is 0.614. The first-order chi connectivity index (χ1) is 12.7. The fourth-order valence-corrected chi connectivity index (χ4v) is 4.96. The Kier molecular flexibility index (Phi) is 4.75. The normalized spacial score (nSPS) is 20.0. The van der Waals surface area contributed by atoms with E-state index in [0.717, 1.165) is 26.6 Å². The van der Waals surface area contributed by atoms with Gasteiger partial charge in [-0.25, -0.2) is 0 Å². The highest BCUT2D eigenvalue weighted by atomic mass is 79.9. The van der Waals surface area contributed by atoms with Crippen LogP contribution in [0.2, 0.25) is 0 Å². The third-order valence-electron chi connectivity index (χ3n) is 4.67. The number of amides is 1. The average Bonchev–Trinajstić information content (AvgIpc) is 2.68. The number of nitriles is 1. The molecule has 2 aliphatic heterocycles. The van der Waals surface area contributed by atoms with Gasteiger partial charge in [-0.2, -0.15) is 5.26 Å². The number of carbonyl (C=O) groups is 1. The zero-order chi connectivity index (χ0) is 18.1. The van der Waals surface area contributed by atoms with Gasteiger partial charge in [0.2, 0.25) is 5.91 Å². The number of hydrogen-bond donors (Lipinski definition) is 0. The number of halogens is 1. The van der Waals surface area contributed by atoms with Gasteiger partial charge in [0.15, 0.2) is 0 Å². The minimum Gasteiger partial charge on any atom is -0.344 e. The van der Waals surface area contributed by atoms with E-state index in [-0.39, 0.29) is 11.8 Å². The molecule has 1 atom stereocenters. The molecule has 0 bridgehead atoms. The van der Waals surface area contributed by atoms with Crippen molar-refractivity contribution in [3.63, 3.8) is 0 Å². The van der Waals surface area contributed by atoms with Crippen LogP contribution >= 0.6 is 27.7 Å². The summed E-state index contributed by atoms with van der Waals surface area (Å²) in [6, 6.07) is 20.3. The minimum absolute atomic E-state index is 0.0668. The van der Waals surface area contributed by atoms with Crippen LogP contribution in [0.25, 0.3) is 0 Å². The number of hydrogen-bond acceptors (Lipinski definition) is 4. The van der Waals surface area contributed by atoms with Gasteiger partial charge in [0.1, 0.15) is 0 Å². The van der Waals surface area contributed by atoms with Crippen LogP contribution in [0.5, 0.6) is 0 Å². The lowest BCUT2D eigenvalue weighted by Crippen LogP contribution is -2.47. The van der Waals surface area contributed by atoms with Gasteiger partial charge in [-0.05, 0) is 29.8 Å². The molecule has 0 N–H and O–H groups in total. The highest BCUT2D eigenvalue weighted by molar-refractivity contribution is 9.10. The van der Waals surface area contributed by atoms with Crippen LogP contribution in [0.4, 0.5) is 5.69 Å². The van der Waals surface area contributed by atoms with Gasteiger partial charge >= 0.3 is 0 Å². The van der Waals surface area contributed by atoms with E-state index in [1.165, 1.54) is 0 Å². The molecule has 2 heterocycles. The summed E-state index contributed by atoms with van der Waals surface area (Å²) in [6.07, 6.45) is 0.325. The van der Waals surface area contributed by atoms with Crippen molar-refractivity contribution in [1.29, 1.82) is 5.26 Å². The van der Waals surface area contributed by atoms with Crippen molar-refractivity contribution < 1.29 is 4.79 Å². The number of nitrogens with zero attached hydrogens (tertiary/aromatic N) is 3. The van der Waals surface area contributed by atoms with E-state index in [0.29, 0.717) is 18.7 Å². The maximum Gasteiger partial charge on any atom is 0.229 e. The number of para-hydroxylation sites is 1. The van der Waals surface area contributed by atoms with E-state index in [4.69, 9.17) is 0 Å². The molecule has 130 valence electrons. The van der Waals surface area contributed by atoms with Crippen molar-refractivity contribution in [2.75, 3.05) is 17.4 Å². The molecule has 2 aromatic carbocycles. The fraction of sp³-hybridized carbons (Fsp3) is 0.200. The zero-order valence-electron chi connectivity index (χ0n) is 13.9. The fourth-order valence-electron chi connectivity index (χ4n) is 3.37. The average molecular weight is 426 g/mol. The smallest absolute Gasteiger partial charge is 0.229 e. The molecule has 0 spiro atoms. The van der Waals surface area contributed by atoms with Crippen molar-refractivity contribution in [1.82, 2.24) is 4.90 Å². The topological polar surface area (TPSA) is 47.3 Å². The monoisotopic (exact) mass is 425 g/mol. The molecule has 0 aliphatic carbocycles. The van der Waals surface area contributed by atoms with Crippen molar-refractivity contribution in [3.05, 3.63) is 75.2 Å². The molecular weight excluding hydrogens is 410 g/mol. The van der Waals surface area contributed by atoms with Crippen LogP contribution in [0.3, 0.4) is 0 Å². The minimum atomic E-state index is -0.174. The van der Waals surface area contributed by atoms with Gasteiger partial charge in [-0.15, -0.1) is 0 Å². The molecule has 26 heavy (non-hydrogen) atoms. The second-order valence-corrected chi connectivity index (χ2v) is 8.10. The lowest BCUT2D eigenvalue weighted by Gasteiger charge is -2.42. The molecular formula is C20H16BrN3OS. The standard InChI is InChI=1S/C20H16BrN3OS/c21-15-6-4-5-14(9-15)17-10-19(25)24-12-23(16-7-2-1-3-8-16)13-26-20(24)18(17)11-22/h1-9,17H,10,12-13H2/t17-/m1/s1. The second-order valence-electron chi connectivity index (χ2n) is 6.25. The van der Waals surface area contributed by atoms with E-state index in [9.17, 15) is 10.1 Å². The maximum absolute atomic E-state index is 12.9. The van der Waals surface area contributed by atoms with E-state index >= 15 is 0 Å². The zero-order valence-corrected chi connectivity index (χ0v) is 16.3. The lowest BCUT2D eigenvalue weighted by atomic mass is 9.86. The van der Waals surface area contributed by atoms with Gasteiger partial charge < -0.3 is 4.90 Å². The Morgan fingerprint density at radius 2 is 1.96 bits per heavy atom. The van der Waals surface area contributed by atoms with Crippen LogP contribution in [-0.4, -0.2) is 23.4 Å². The van der Waals surface area contributed by atoms with Gasteiger partial charge in [0, 0.05) is 22.5 Å². The third-order valence-corrected chi connectivity index (χ3v) is 6.31. The number of fused-ring (bicyclic) bond motifs is 1. The molecule has 1 saturated heterocycles. The van der Waals surface area contributed by atoms with Gasteiger partial charge in [-0.3, -0.25) is 9.69 Å². The first-order valence-electron chi connectivity index (χ1n) is 8.30. The summed E-state index contributed by atoms with van der Waals surface area (Å²) in [7, 11) is 0. The Labute approximate surface area is 165 Å². The highest BCUT2D eigenvalue weighted by Gasteiger charge is 2.38. The molecule has 0 unspecified atom stereocenters. The molecule has 0 radical (unpaired) electrons. The van der Waals surface area contributed by atoms with Crippen LogP contribution in [0.15, 0.2) is 69.7 Å². The Hall–Kier alpha value is -2.23. The number of anilines is 1. The Balaban J connectivity index is 1.68. The van der Waals surface area contributed by atoms with Crippen molar-refractivity contribution in [2.45, 2.75) is 12.3 Å². The molecule has 2 aliphatic rings. The number of rotatable bonds is 2. The molecule has 0 saturated carbocycles. The Morgan fingerprint density at radius 1 is 1.15 bits per heavy atom. The number of benzene rings is 2. The van der Waals surface area contributed by atoms with Crippen LogP contribution in [0, 0.1) is 11.3 Å². The molecule has 0 aromatic heterocycles. The summed E-state index contributed by atoms with van der Waals surface area (Å²) in [4.78, 5) is 16.8. The molecule has 1 fully saturated rings. The van der Waals surface area contributed by atoms with Crippen molar-refractivity contribution >= 4 is 39.3 Å². The Bertz CT molecular complexity index is 922. The predicted molar refractivity (Wildman–Crippen MR) is 107 cm³/mol. The Morgan fingerprint density at radius 3 is 2.69 bits per heavy atom. The third kappa shape index (κ3) is 3.13. The maximum atomic E-state index is 12.9. The molecule has 1 amide bonds. The van der Waals surface area contributed by atoms with E-state index in [2.05, 4.69) is 26.9 Å². The van der Waals surface area contributed by atoms with Crippen molar-refractivity contribution in [2.24, 2.45) is 0 Å². The molecule has 6 heteroatoms. The van der Waals surface area contributed by atoms with Crippen LogP contribution in [-0.2, 0) is 4.79 Å². The van der Waals surface area contributed by atoms with E-state index < -0.39 is 0 Å². The summed E-state index contributed by atoms with van der Waals surface area (Å²) in [5, 5.41) is 10.6.